The minimum atomic E-state index is -0.352. The van der Waals surface area contributed by atoms with Gasteiger partial charge in [0.1, 0.15) is 11.3 Å². The number of hydrogen-bond donors (Lipinski definition) is 1. The van der Waals surface area contributed by atoms with E-state index in [1.807, 2.05) is 18.2 Å². The maximum absolute atomic E-state index is 11.9. The number of benzene rings is 2. The van der Waals surface area contributed by atoms with Crippen LogP contribution in [0.5, 0.6) is 5.75 Å². The van der Waals surface area contributed by atoms with Gasteiger partial charge >= 0.3 is 5.63 Å². The zero-order chi connectivity index (χ0) is 18.5. The Morgan fingerprint density at radius 1 is 1.12 bits per heavy atom. The van der Waals surface area contributed by atoms with Crippen LogP contribution in [0, 0.1) is 0 Å². The molecule has 5 heteroatoms. The van der Waals surface area contributed by atoms with Gasteiger partial charge in [-0.15, -0.1) is 0 Å². The van der Waals surface area contributed by atoms with Crippen molar-refractivity contribution < 1.29 is 9.15 Å². The van der Waals surface area contributed by atoms with Crippen molar-refractivity contribution in [3.05, 3.63) is 76.1 Å². The first-order chi connectivity index (χ1) is 12.6. The van der Waals surface area contributed by atoms with Gasteiger partial charge < -0.3 is 19.4 Å². The minimum absolute atomic E-state index is 0.252. The molecule has 5 nitrogen and oxygen atoms in total. The van der Waals surface area contributed by atoms with Crippen LogP contribution in [0.25, 0.3) is 11.0 Å². The largest absolute Gasteiger partial charge is 0.497 e. The van der Waals surface area contributed by atoms with Gasteiger partial charge in [0, 0.05) is 36.7 Å². The third kappa shape index (κ3) is 4.12. The van der Waals surface area contributed by atoms with Crippen LogP contribution in [0.15, 0.2) is 63.8 Å². The molecule has 1 aromatic heterocycles. The molecule has 1 N–H and O–H groups in total. The summed E-state index contributed by atoms with van der Waals surface area (Å²) in [4.78, 5) is 14.1. The second-order valence-electron chi connectivity index (χ2n) is 6.47. The highest BCUT2D eigenvalue weighted by Gasteiger charge is 2.14. The Labute approximate surface area is 153 Å². The van der Waals surface area contributed by atoms with Crippen LogP contribution in [-0.2, 0) is 6.54 Å². The quantitative estimate of drug-likeness (QED) is 0.662. The fourth-order valence-electron chi connectivity index (χ4n) is 3.10. The van der Waals surface area contributed by atoms with Gasteiger partial charge in [-0.25, -0.2) is 4.79 Å². The number of nitrogens with one attached hydrogen (secondary N) is 1. The van der Waals surface area contributed by atoms with Crippen LogP contribution in [0.2, 0.25) is 0 Å². The summed E-state index contributed by atoms with van der Waals surface area (Å²) in [7, 11) is 5.73. The lowest BCUT2D eigenvalue weighted by molar-refractivity contribution is 0.288. The van der Waals surface area contributed by atoms with Crippen molar-refractivity contribution in [2.45, 2.75) is 12.6 Å². The van der Waals surface area contributed by atoms with Crippen LogP contribution in [0.1, 0.15) is 17.2 Å². The van der Waals surface area contributed by atoms with E-state index >= 15 is 0 Å². The molecule has 0 spiro atoms. The molecule has 0 saturated heterocycles. The standard InChI is InChI=1S/C21H24N2O3/c1-23(2)19(15-7-5-4-6-8-15)14-22-13-16-11-21(24)26-20-12-17(25-3)9-10-18(16)20/h4-12,19,22H,13-14H2,1-3H3/t19-/m0/s1. The summed E-state index contributed by atoms with van der Waals surface area (Å²) in [6.07, 6.45) is 0. The average molecular weight is 352 g/mol. The van der Waals surface area contributed by atoms with E-state index in [1.54, 1.807) is 19.2 Å². The van der Waals surface area contributed by atoms with Crippen molar-refractivity contribution in [3.8, 4) is 5.75 Å². The molecule has 0 aliphatic carbocycles. The molecule has 2 aromatic carbocycles. The van der Waals surface area contributed by atoms with E-state index in [4.69, 9.17) is 9.15 Å². The van der Waals surface area contributed by atoms with Crippen LogP contribution < -0.4 is 15.7 Å². The number of nitrogens with zero attached hydrogens (tertiary/aromatic N) is 1. The fourth-order valence-corrected chi connectivity index (χ4v) is 3.10. The zero-order valence-electron chi connectivity index (χ0n) is 15.4. The molecule has 3 rings (SSSR count). The van der Waals surface area contributed by atoms with Crippen LogP contribution in [-0.4, -0.2) is 32.6 Å². The fraction of sp³-hybridized carbons (Fsp3) is 0.286. The monoisotopic (exact) mass is 352 g/mol. The molecule has 0 aliphatic rings. The summed E-state index contributed by atoms with van der Waals surface area (Å²) in [5.41, 5.74) is 2.37. The number of ether oxygens (including phenoxy) is 1. The Morgan fingerprint density at radius 3 is 2.58 bits per heavy atom. The summed E-state index contributed by atoms with van der Waals surface area (Å²) >= 11 is 0. The second-order valence-corrected chi connectivity index (χ2v) is 6.47. The molecule has 1 heterocycles. The third-order valence-electron chi connectivity index (χ3n) is 4.50. The molecule has 0 radical (unpaired) electrons. The molecule has 136 valence electrons. The normalized spacial score (nSPS) is 12.5. The zero-order valence-corrected chi connectivity index (χ0v) is 15.4. The van der Waals surface area contributed by atoms with E-state index in [1.165, 1.54) is 5.56 Å². The van der Waals surface area contributed by atoms with Gasteiger partial charge in [0.25, 0.3) is 0 Å². The van der Waals surface area contributed by atoms with Gasteiger partial charge in [0.2, 0.25) is 0 Å². The first kappa shape index (κ1) is 18.2. The van der Waals surface area contributed by atoms with Crippen molar-refractivity contribution in [3.63, 3.8) is 0 Å². The highest BCUT2D eigenvalue weighted by atomic mass is 16.5. The lowest BCUT2D eigenvalue weighted by atomic mass is 10.1. The van der Waals surface area contributed by atoms with Crippen molar-refractivity contribution in [1.29, 1.82) is 0 Å². The summed E-state index contributed by atoms with van der Waals surface area (Å²) in [5, 5.41) is 4.39. The van der Waals surface area contributed by atoms with E-state index in [-0.39, 0.29) is 11.7 Å². The SMILES string of the molecule is COc1ccc2c(CNC[C@@H](c3ccccc3)N(C)C)cc(=O)oc2c1. The summed E-state index contributed by atoms with van der Waals surface area (Å²) < 4.78 is 10.5. The third-order valence-corrected chi connectivity index (χ3v) is 4.50. The first-order valence-corrected chi connectivity index (χ1v) is 8.61. The van der Waals surface area contributed by atoms with Gasteiger partial charge in [0.15, 0.2) is 0 Å². The Kier molecular flexibility index (Phi) is 5.71. The minimum Gasteiger partial charge on any atom is -0.497 e. The molecule has 0 amide bonds. The molecular formula is C21H24N2O3. The molecule has 0 unspecified atom stereocenters. The molecule has 0 bridgehead atoms. The molecule has 3 aromatic rings. The Morgan fingerprint density at radius 2 is 1.88 bits per heavy atom. The Balaban J connectivity index is 1.78. The van der Waals surface area contributed by atoms with Crippen molar-refractivity contribution >= 4 is 11.0 Å². The van der Waals surface area contributed by atoms with Crippen LogP contribution in [0.3, 0.4) is 0 Å². The van der Waals surface area contributed by atoms with Gasteiger partial charge in [-0.05, 0) is 37.4 Å². The van der Waals surface area contributed by atoms with E-state index in [2.05, 4.69) is 48.6 Å². The molecule has 0 fully saturated rings. The van der Waals surface area contributed by atoms with Gasteiger partial charge in [-0.3, -0.25) is 0 Å². The van der Waals surface area contributed by atoms with Crippen molar-refractivity contribution in [2.24, 2.45) is 0 Å². The first-order valence-electron chi connectivity index (χ1n) is 8.61. The molecule has 26 heavy (non-hydrogen) atoms. The highest BCUT2D eigenvalue weighted by Crippen LogP contribution is 2.23. The maximum Gasteiger partial charge on any atom is 0.336 e. The topological polar surface area (TPSA) is 54.7 Å². The highest BCUT2D eigenvalue weighted by molar-refractivity contribution is 5.81. The number of fused-ring (bicyclic) bond motifs is 1. The maximum atomic E-state index is 11.9. The number of rotatable bonds is 7. The van der Waals surface area contributed by atoms with Gasteiger partial charge in [-0.1, -0.05) is 30.3 Å². The molecule has 1 atom stereocenters. The second kappa shape index (κ2) is 8.17. The predicted molar refractivity (Wildman–Crippen MR) is 104 cm³/mol. The van der Waals surface area contributed by atoms with Gasteiger partial charge in [0.05, 0.1) is 7.11 Å². The molecule has 0 saturated carbocycles. The van der Waals surface area contributed by atoms with Crippen molar-refractivity contribution in [2.75, 3.05) is 27.7 Å². The van der Waals surface area contributed by atoms with Crippen LogP contribution in [0.4, 0.5) is 0 Å². The predicted octanol–water partition coefficient (Wildman–Crippen LogP) is 3.19. The summed E-state index contributed by atoms with van der Waals surface area (Å²) in [6.45, 7) is 1.36. The summed E-state index contributed by atoms with van der Waals surface area (Å²) in [6, 6.07) is 17.7. The van der Waals surface area contributed by atoms with Gasteiger partial charge in [-0.2, -0.15) is 0 Å². The van der Waals surface area contributed by atoms with E-state index in [9.17, 15) is 4.79 Å². The number of methoxy groups -OCH3 is 1. The van der Waals surface area contributed by atoms with E-state index in [0.717, 1.165) is 17.5 Å². The smallest absolute Gasteiger partial charge is 0.336 e. The Bertz CT molecular complexity index is 919. The van der Waals surface area contributed by atoms with E-state index < -0.39 is 0 Å². The lowest BCUT2D eigenvalue weighted by Crippen LogP contribution is -2.31. The van der Waals surface area contributed by atoms with Crippen molar-refractivity contribution in [1.82, 2.24) is 10.2 Å². The van der Waals surface area contributed by atoms with Crippen LogP contribution >= 0.6 is 0 Å². The summed E-state index contributed by atoms with van der Waals surface area (Å²) in [5.74, 6) is 0.669. The molecular weight excluding hydrogens is 328 g/mol. The lowest BCUT2D eigenvalue weighted by Gasteiger charge is -2.25. The Hall–Kier alpha value is -2.63. The number of likely N-dealkylation sites (N-methyl/N-ethyl adjacent to an activating group) is 1. The van der Waals surface area contributed by atoms with E-state index in [0.29, 0.717) is 17.9 Å². The average Bonchev–Trinajstić information content (AvgIpc) is 2.64. The molecule has 0 aliphatic heterocycles. The number of hydrogen-bond acceptors (Lipinski definition) is 5.